The number of aromatic nitrogens is 2. The normalized spacial score (nSPS) is 15.7. The summed E-state index contributed by atoms with van der Waals surface area (Å²) in [7, 11) is 0. The maximum absolute atomic E-state index is 13.5. The molecule has 0 saturated carbocycles. The highest BCUT2D eigenvalue weighted by molar-refractivity contribution is 5.95. The molecular weight excluding hydrogens is 412 g/mol. The molecule has 3 aromatic carbocycles. The fourth-order valence-electron chi connectivity index (χ4n) is 4.15. The first-order valence-electron chi connectivity index (χ1n) is 10.9. The number of amides is 1. The summed E-state index contributed by atoms with van der Waals surface area (Å²) in [5.74, 6) is 0.320. The minimum atomic E-state index is -0.579. The second-order valence-electron chi connectivity index (χ2n) is 7.93. The Morgan fingerprint density at radius 2 is 1.73 bits per heavy atom. The van der Waals surface area contributed by atoms with Gasteiger partial charge in [-0.05, 0) is 34.9 Å². The highest BCUT2D eigenvalue weighted by Gasteiger charge is 2.33. The fourth-order valence-corrected chi connectivity index (χ4v) is 4.15. The van der Waals surface area contributed by atoms with Gasteiger partial charge in [-0.25, -0.2) is 9.97 Å². The Kier molecular flexibility index (Phi) is 6.08. The molecule has 1 aliphatic rings. The Morgan fingerprint density at radius 3 is 2.55 bits per heavy atom. The number of carbonyl (C=O) groups is 1. The maximum atomic E-state index is 13.5. The standard InChI is InChI=1S/C27H24N4O2/c32-26(30-23-12-5-2-6-13-23)25-24-17-28-19-29-27(24)33-15-14-31(25)18-20-8-7-11-22(16-20)21-9-3-1-4-10-21/h1-13,16-17,19,25H,14-15,18H2,(H,30,32). The summed E-state index contributed by atoms with van der Waals surface area (Å²) in [6, 6.07) is 27.6. The molecule has 4 aromatic rings. The highest BCUT2D eigenvalue weighted by atomic mass is 16.5. The van der Waals surface area contributed by atoms with Crippen LogP contribution in [0.1, 0.15) is 17.2 Å². The second-order valence-corrected chi connectivity index (χ2v) is 7.93. The smallest absolute Gasteiger partial charge is 0.246 e. The van der Waals surface area contributed by atoms with Crippen LogP contribution in [-0.4, -0.2) is 33.9 Å². The van der Waals surface area contributed by atoms with Crippen molar-refractivity contribution in [1.82, 2.24) is 14.9 Å². The molecule has 6 nitrogen and oxygen atoms in total. The molecule has 0 aliphatic carbocycles. The third-order valence-corrected chi connectivity index (χ3v) is 5.69. The highest BCUT2D eigenvalue weighted by Crippen LogP contribution is 2.32. The third-order valence-electron chi connectivity index (χ3n) is 5.69. The van der Waals surface area contributed by atoms with Crippen molar-refractivity contribution in [2.75, 3.05) is 18.5 Å². The van der Waals surface area contributed by atoms with Gasteiger partial charge in [-0.2, -0.15) is 0 Å². The predicted molar refractivity (Wildman–Crippen MR) is 128 cm³/mol. The van der Waals surface area contributed by atoms with E-state index in [4.69, 9.17) is 4.74 Å². The van der Waals surface area contributed by atoms with Crippen LogP contribution in [0.4, 0.5) is 5.69 Å². The lowest BCUT2D eigenvalue weighted by Crippen LogP contribution is -2.37. The summed E-state index contributed by atoms with van der Waals surface area (Å²) in [6.07, 6.45) is 3.13. The topological polar surface area (TPSA) is 67.3 Å². The summed E-state index contributed by atoms with van der Waals surface area (Å²) in [5, 5.41) is 3.04. The molecule has 1 aromatic heterocycles. The molecule has 0 spiro atoms. The fraction of sp³-hybridized carbons (Fsp3) is 0.148. The van der Waals surface area contributed by atoms with Gasteiger partial charge in [0.1, 0.15) is 19.0 Å². The zero-order valence-electron chi connectivity index (χ0n) is 18.1. The monoisotopic (exact) mass is 436 g/mol. The molecule has 33 heavy (non-hydrogen) atoms. The molecule has 2 heterocycles. The molecule has 1 aliphatic heterocycles. The summed E-state index contributed by atoms with van der Waals surface area (Å²) in [6.45, 7) is 1.61. The molecule has 0 radical (unpaired) electrons. The molecule has 1 unspecified atom stereocenters. The van der Waals surface area contributed by atoms with Gasteiger partial charge in [0.25, 0.3) is 0 Å². The van der Waals surface area contributed by atoms with Gasteiger partial charge in [-0.1, -0.05) is 66.7 Å². The first kappa shape index (κ1) is 20.8. The van der Waals surface area contributed by atoms with E-state index in [0.717, 1.165) is 22.4 Å². The average Bonchev–Trinajstić information content (AvgIpc) is 3.04. The number of para-hydroxylation sites is 1. The van der Waals surface area contributed by atoms with Crippen molar-refractivity contribution in [3.8, 4) is 17.0 Å². The van der Waals surface area contributed by atoms with Gasteiger partial charge in [0, 0.05) is 25.0 Å². The first-order valence-corrected chi connectivity index (χ1v) is 10.9. The van der Waals surface area contributed by atoms with E-state index >= 15 is 0 Å². The van der Waals surface area contributed by atoms with E-state index < -0.39 is 6.04 Å². The summed E-state index contributed by atoms with van der Waals surface area (Å²) < 4.78 is 5.87. The van der Waals surface area contributed by atoms with Crippen molar-refractivity contribution in [1.29, 1.82) is 0 Å². The molecule has 0 bridgehead atoms. The first-order chi connectivity index (χ1) is 16.3. The van der Waals surface area contributed by atoms with Crippen LogP contribution < -0.4 is 10.1 Å². The van der Waals surface area contributed by atoms with Crippen molar-refractivity contribution < 1.29 is 9.53 Å². The van der Waals surface area contributed by atoms with Gasteiger partial charge < -0.3 is 10.1 Å². The zero-order valence-corrected chi connectivity index (χ0v) is 18.1. The van der Waals surface area contributed by atoms with Crippen molar-refractivity contribution in [2.45, 2.75) is 12.6 Å². The third kappa shape index (κ3) is 4.76. The lowest BCUT2D eigenvalue weighted by atomic mass is 10.0. The van der Waals surface area contributed by atoms with E-state index in [-0.39, 0.29) is 5.91 Å². The van der Waals surface area contributed by atoms with Gasteiger partial charge in [0.15, 0.2) is 0 Å². The number of anilines is 1. The van der Waals surface area contributed by atoms with Gasteiger partial charge >= 0.3 is 0 Å². The molecule has 0 fully saturated rings. The molecule has 6 heteroatoms. The zero-order chi connectivity index (χ0) is 22.5. The van der Waals surface area contributed by atoms with Gasteiger partial charge in [-0.15, -0.1) is 0 Å². The molecule has 1 amide bonds. The maximum Gasteiger partial charge on any atom is 0.246 e. The van der Waals surface area contributed by atoms with E-state index in [1.807, 2.05) is 48.5 Å². The lowest BCUT2D eigenvalue weighted by molar-refractivity contribution is -0.121. The number of ether oxygens (including phenoxy) is 1. The quantitative estimate of drug-likeness (QED) is 0.490. The van der Waals surface area contributed by atoms with Crippen LogP contribution >= 0.6 is 0 Å². The molecule has 164 valence electrons. The SMILES string of the molecule is O=C(Nc1ccccc1)C1c2cncnc2OCCN1Cc1cccc(-c2ccccc2)c1. The minimum absolute atomic E-state index is 0.137. The van der Waals surface area contributed by atoms with Crippen LogP contribution in [0.5, 0.6) is 5.88 Å². The molecule has 1 atom stereocenters. The number of carbonyl (C=O) groups excluding carboxylic acids is 1. The van der Waals surface area contributed by atoms with Crippen LogP contribution in [0.25, 0.3) is 11.1 Å². The van der Waals surface area contributed by atoms with E-state index in [1.165, 1.54) is 6.33 Å². The van der Waals surface area contributed by atoms with E-state index in [1.54, 1.807) is 6.20 Å². The van der Waals surface area contributed by atoms with Crippen LogP contribution in [0.2, 0.25) is 0 Å². The van der Waals surface area contributed by atoms with E-state index in [2.05, 4.69) is 56.6 Å². The Labute approximate surface area is 192 Å². The number of rotatable bonds is 5. The Balaban J connectivity index is 1.47. The number of nitrogens with one attached hydrogen (secondary N) is 1. The summed E-state index contributed by atoms with van der Waals surface area (Å²) >= 11 is 0. The largest absolute Gasteiger partial charge is 0.476 e. The number of benzene rings is 3. The summed E-state index contributed by atoms with van der Waals surface area (Å²) in [5.41, 5.74) is 4.85. The number of hydrogen-bond acceptors (Lipinski definition) is 5. The van der Waals surface area contributed by atoms with Crippen LogP contribution in [0.3, 0.4) is 0 Å². The molecule has 0 saturated heterocycles. The van der Waals surface area contributed by atoms with Gasteiger partial charge in [-0.3, -0.25) is 9.69 Å². The summed E-state index contributed by atoms with van der Waals surface area (Å²) in [4.78, 5) is 24.1. The Bertz CT molecular complexity index is 1230. The van der Waals surface area contributed by atoms with E-state index in [9.17, 15) is 4.79 Å². The van der Waals surface area contributed by atoms with Gasteiger partial charge in [0.2, 0.25) is 11.8 Å². The van der Waals surface area contributed by atoms with Crippen molar-refractivity contribution >= 4 is 11.6 Å². The number of nitrogens with zero attached hydrogens (tertiary/aromatic N) is 3. The average molecular weight is 437 g/mol. The van der Waals surface area contributed by atoms with Crippen molar-refractivity contribution in [2.24, 2.45) is 0 Å². The number of hydrogen-bond donors (Lipinski definition) is 1. The lowest BCUT2D eigenvalue weighted by Gasteiger charge is -2.28. The predicted octanol–water partition coefficient (Wildman–Crippen LogP) is 4.72. The van der Waals surface area contributed by atoms with Crippen LogP contribution in [-0.2, 0) is 11.3 Å². The molecular formula is C27H24N4O2. The van der Waals surface area contributed by atoms with Crippen LogP contribution in [0.15, 0.2) is 97.5 Å². The van der Waals surface area contributed by atoms with Crippen molar-refractivity contribution in [3.05, 3.63) is 109 Å². The Morgan fingerprint density at radius 1 is 0.970 bits per heavy atom. The van der Waals surface area contributed by atoms with Crippen molar-refractivity contribution in [3.63, 3.8) is 0 Å². The second kappa shape index (κ2) is 9.63. The minimum Gasteiger partial charge on any atom is -0.476 e. The number of fused-ring (bicyclic) bond motifs is 1. The molecule has 5 rings (SSSR count). The van der Waals surface area contributed by atoms with Crippen LogP contribution in [0, 0.1) is 0 Å². The Hall–Kier alpha value is -4.03. The van der Waals surface area contributed by atoms with Gasteiger partial charge in [0.05, 0.1) is 5.56 Å². The molecule has 1 N–H and O–H groups in total. The van der Waals surface area contributed by atoms with E-state index in [0.29, 0.717) is 31.1 Å².